The third-order valence-corrected chi connectivity index (χ3v) is 2.06. The summed E-state index contributed by atoms with van der Waals surface area (Å²) in [5.41, 5.74) is 0.971. The highest BCUT2D eigenvalue weighted by molar-refractivity contribution is 9.10. The van der Waals surface area contributed by atoms with Gasteiger partial charge in [-0.1, -0.05) is 34.1 Å². The summed E-state index contributed by atoms with van der Waals surface area (Å²) in [5.74, 6) is 0. The van der Waals surface area contributed by atoms with E-state index in [1.165, 1.54) is 0 Å². The number of aliphatic hydroxyl groups is 1. The summed E-state index contributed by atoms with van der Waals surface area (Å²) >= 11 is 3.37. The summed E-state index contributed by atoms with van der Waals surface area (Å²) in [4.78, 5) is 3.86. The minimum Gasteiger partial charge on any atom is -0.372 e. The van der Waals surface area contributed by atoms with Crippen molar-refractivity contribution in [1.29, 1.82) is 0 Å². The van der Waals surface area contributed by atoms with E-state index in [1.54, 1.807) is 13.1 Å². The van der Waals surface area contributed by atoms with E-state index in [9.17, 15) is 0 Å². The Morgan fingerprint density at radius 1 is 1.50 bits per heavy atom. The average Bonchev–Trinajstić information content (AvgIpc) is 2.03. The standard InChI is InChI=1S/C9H10BrNO/c1-7(12)11-6-8-4-2-3-5-9(8)10/h2-7,12H,1H3/t7-/m0/s1. The predicted octanol–water partition coefficient (Wildman–Crippen LogP) is 2.21. The Hall–Kier alpha value is -0.670. The van der Waals surface area contributed by atoms with Gasteiger partial charge in [0.05, 0.1) is 0 Å². The van der Waals surface area contributed by atoms with Gasteiger partial charge in [0, 0.05) is 16.3 Å². The third-order valence-electron chi connectivity index (χ3n) is 1.33. The van der Waals surface area contributed by atoms with Crippen molar-refractivity contribution in [3.63, 3.8) is 0 Å². The highest BCUT2D eigenvalue weighted by Crippen LogP contribution is 2.13. The van der Waals surface area contributed by atoms with Gasteiger partial charge < -0.3 is 5.11 Å². The molecule has 0 heterocycles. The minimum atomic E-state index is -0.642. The quantitative estimate of drug-likeness (QED) is 0.773. The molecule has 0 saturated carbocycles. The van der Waals surface area contributed by atoms with Crippen LogP contribution in [0.3, 0.4) is 0 Å². The molecule has 1 aromatic rings. The largest absolute Gasteiger partial charge is 0.372 e. The van der Waals surface area contributed by atoms with Crippen LogP contribution in [0.25, 0.3) is 0 Å². The van der Waals surface area contributed by atoms with Crippen LogP contribution in [-0.2, 0) is 0 Å². The molecule has 0 saturated heterocycles. The monoisotopic (exact) mass is 227 g/mol. The summed E-state index contributed by atoms with van der Waals surface area (Å²) in [6.07, 6.45) is 1.01. The van der Waals surface area contributed by atoms with Crippen LogP contribution in [-0.4, -0.2) is 17.5 Å². The lowest BCUT2D eigenvalue weighted by molar-refractivity contribution is 0.206. The Bertz CT molecular complexity index is 284. The van der Waals surface area contributed by atoms with Crippen LogP contribution in [0, 0.1) is 0 Å². The third kappa shape index (κ3) is 2.75. The first-order valence-electron chi connectivity index (χ1n) is 3.66. The molecule has 0 bridgehead atoms. The van der Waals surface area contributed by atoms with Crippen molar-refractivity contribution in [2.45, 2.75) is 13.2 Å². The van der Waals surface area contributed by atoms with Crippen LogP contribution in [0.15, 0.2) is 33.7 Å². The topological polar surface area (TPSA) is 32.6 Å². The van der Waals surface area contributed by atoms with Gasteiger partial charge in [0.2, 0.25) is 0 Å². The van der Waals surface area contributed by atoms with Crippen LogP contribution < -0.4 is 0 Å². The van der Waals surface area contributed by atoms with Crippen molar-refractivity contribution in [3.05, 3.63) is 34.3 Å². The van der Waals surface area contributed by atoms with Crippen LogP contribution >= 0.6 is 15.9 Å². The Morgan fingerprint density at radius 3 is 2.75 bits per heavy atom. The van der Waals surface area contributed by atoms with E-state index in [4.69, 9.17) is 5.11 Å². The molecule has 64 valence electrons. The lowest BCUT2D eigenvalue weighted by atomic mass is 10.2. The Morgan fingerprint density at radius 2 is 2.17 bits per heavy atom. The molecular formula is C9H10BrNO. The lowest BCUT2D eigenvalue weighted by Gasteiger charge is -1.97. The zero-order valence-corrected chi connectivity index (χ0v) is 8.32. The summed E-state index contributed by atoms with van der Waals surface area (Å²) in [7, 11) is 0. The Balaban J connectivity index is 2.82. The molecule has 1 N–H and O–H groups in total. The van der Waals surface area contributed by atoms with E-state index in [2.05, 4.69) is 20.9 Å². The van der Waals surface area contributed by atoms with E-state index in [1.807, 2.05) is 24.3 Å². The molecule has 2 nitrogen and oxygen atoms in total. The zero-order valence-electron chi connectivity index (χ0n) is 6.74. The molecule has 0 aromatic heterocycles. The summed E-state index contributed by atoms with van der Waals surface area (Å²) < 4.78 is 0.981. The number of aliphatic hydroxyl groups excluding tert-OH is 1. The fourth-order valence-corrected chi connectivity index (χ4v) is 1.16. The van der Waals surface area contributed by atoms with E-state index in [0.29, 0.717) is 0 Å². The first-order valence-corrected chi connectivity index (χ1v) is 4.45. The normalized spacial score (nSPS) is 13.6. The molecule has 0 aliphatic rings. The van der Waals surface area contributed by atoms with Gasteiger partial charge in [0.1, 0.15) is 6.23 Å². The Kier molecular flexibility index (Phi) is 3.44. The van der Waals surface area contributed by atoms with Gasteiger partial charge in [0.15, 0.2) is 0 Å². The highest BCUT2D eigenvalue weighted by atomic mass is 79.9. The van der Waals surface area contributed by atoms with Gasteiger partial charge >= 0.3 is 0 Å². The second-order valence-corrected chi connectivity index (χ2v) is 3.29. The van der Waals surface area contributed by atoms with Gasteiger partial charge in [-0.15, -0.1) is 0 Å². The van der Waals surface area contributed by atoms with Crippen molar-refractivity contribution in [1.82, 2.24) is 0 Å². The minimum absolute atomic E-state index is 0.642. The summed E-state index contributed by atoms with van der Waals surface area (Å²) in [6, 6.07) is 7.72. The molecule has 12 heavy (non-hydrogen) atoms. The van der Waals surface area contributed by atoms with Crippen molar-refractivity contribution in [2.24, 2.45) is 4.99 Å². The molecular weight excluding hydrogens is 218 g/mol. The summed E-state index contributed by atoms with van der Waals surface area (Å²) in [5, 5.41) is 8.89. The van der Waals surface area contributed by atoms with E-state index >= 15 is 0 Å². The molecule has 0 unspecified atom stereocenters. The van der Waals surface area contributed by atoms with Gasteiger partial charge in [-0.2, -0.15) is 0 Å². The number of rotatable bonds is 2. The second-order valence-electron chi connectivity index (χ2n) is 2.43. The van der Waals surface area contributed by atoms with E-state index in [0.717, 1.165) is 10.0 Å². The second kappa shape index (κ2) is 4.38. The summed E-state index contributed by atoms with van der Waals surface area (Å²) in [6.45, 7) is 1.62. The number of halogens is 1. The lowest BCUT2D eigenvalue weighted by Crippen LogP contribution is -1.94. The van der Waals surface area contributed by atoms with Crippen LogP contribution in [0.5, 0.6) is 0 Å². The average molecular weight is 228 g/mol. The van der Waals surface area contributed by atoms with Gasteiger partial charge in [0.25, 0.3) is 0 Å². The number of aliphatic imine (C=N–C) groups is 1. The van der Waals surface area contributed by atoms with Crippen molar-refractivity contribution in [2.75, 3.05) is 0 Å². The molecule has 0 spiro atoms. The fraction of sp³-hybridized carbons (Fsp3) is 0.222. The van der Waals surface area contributed by atoms with Gasteiger partial charge in [-0.05, 0) is 13.0 Å². The first-order chi connectivity index (χ1) is 5.70. The molecule has 0 fully saturated rings. The number of nitrogens with zero attached hydrogens (tertiary/aromatic N) is 1. The molecule has 1 rings (SSSR count). The van der Waals surface area contributed by atoms with Crippen molar-refractivity contribution < 1.29 is 5.11 Å². The van der Waals surface area contributed by atoms with Crippen molar-refractivity contribution >= 4 is 22.1 Å². The molecule has 0 amide bonds. The number of benzene rings is 1. The predicted molar refractivity (Wildman–Crippen MR) is 53.4 cm³/mol. The van der Waals surface area contributed by atoms with Crippen LogP contribution in [0.1, 0.15) is 12.5 Å². The maximum absolute atomic E-state index is 8.89. The van der Waals surface area contributed by atoms with Crippen LogP contribution in [0.2, 0.25) is 0 Å². The fourth-order valence-electron chi connectivity index (χ4n) is 0.768. The smallest absolute Gasteiger partial charge is 0.142 e. The van der Waals surface area contributed by atoms with E-state index in [-0.39, 0.29) is 0 Å². The molecule has 0 radical (unpaired) electrons. The molecule has 1 atom stereocenters. The molecule has 1 aromatic carbocycles. The first kappa shape index (κ1) is 9.42. The number of hydrogen-bond donors (Lipinski definition) is 1. The zero-order chi connectivity index (χ0) is 8.97. The van der Waals surface area contributed by atoms with Gasteiger partial charge in [-0.25, -0.2) is 0 Å². The SMILES string of the molecule is C[C@H](O)N=Cc1ccccc1Br. The Labute approximate surface area is 80.1 Å². The molecule has 0 aliphatic carbocycles. The van der Waals surface area contributed by atoms with Gasteiger partial charge in [-0.3, -0.25) is 4.99 Å². The van der Waals surface area contributed by atoms with E-state index < -0.39 is 6.23 Å². The molecule has 3 heteroatoms. The molecule has 0 aliphatic heterocycles. The van der Waals surface area contributed by atoms with Crippen molar-refractivity contribution in [3.8, 4) is 0 Å². The number of hydrogen-bond acceptors (Lipinski definition) is 2. The van der Waals surface area contributed by atoms with Crippen LogP contribution in [0.4, 0.5) is 0 Å². The highest BCUT2D eigenvalue weighted by Gasteiger charge is 1.93. The maximum Gasteiger partial charge on any atom is 0.142 e. The maximum atomic E-state index is 8.89.